The standard InChI is InChI=1S/C8H15N5O2S/c1-5-7(9)12-6(2)13-8(5)11-3-4-16(10,14)15/h3-4H2,1-2H3,(H2,10,14,15)(H3,9,11,12,13). The summed E-state index contributed by atoms with van der Waals surface area (Å²) in [7, 11) is -3.46. The van der Waals surface area contributed by atoms with Gasteiger partial charge in [0.05, 0.1) is 5.75 Å². The van der Waals surface area contributed by atoms with E-state index in [9.17, 15) is 8.42 Å². The van der Waals surface area contributed by atoms with Gasteiger partial charge in [-0.3, -0.25) is 0 Å². The van der Waals surface area contributed by atoms with Gasteiger partial charge in [-0.25, -0.2) is 23.5 Å². The van der Waals surface area contributed by atoms with Crippen molar-refractivity contribution in [2.45, 2.75) is 13.8 Å². The molecule has 90 valence electrons. The molecule has 0 amide bonds. The van der Waals surface area contributed by atoms with Crippen molar-refractivity contribution in [3.05, 3.63) is 11.4 Å². The molecule has 16 heavy (non-hydrogen) atoms. The first-order chi connectivity index (χ1) is 7.29. The fourth-order valence-corrected chi connectivity index (χ4v) is 1.52. The normalized spacial score (nSPS) is 11.4. The lowest BCUT2D eigenvalue weighted by Crippen LogP contribution is -2.23. The van der Waals surface area contributed by atoms with Crippen molar-refractivity contribution in [2.75, 3.05) is 23.3 Å². The average Bonchev–Trinajstić information content (AvgIpc) is 2.11. The summed E-state index contributed by atoms with van der Waals surface area (Å²) < 4.78 is 21.4. The van der Waals surface area contributed by atoms with Crippen LogP contribution in [0.1, 0.15) is 11.4 Å². The van der Waals surface area contributed by atoms with Crippen molar-refractivity contribution < 1.29 is 8.42 Å². The maximum Gasteiger partial charge on any atom is 0.210 e. The number of nitrogen functional groups attached to an aromatic ring is 1. The second-order valence-electron chi connectivity index (χ2n) is 3.42. The van der Waals surface area contributed by atoms with E-state index in [0.717, 1.165) is 0 Å². The van der Waals surface area contributed by atoms with Crippen LogP contribution in [0.25, 0.3) is 0 Å². The van der Waals surface area contributed by atoms with Gasteiger partial charge in [-0.2, -0.15) is 0 Å². The summed E-state index contributed by atoms with van der Waals surface area (Å²) in [6, 6.07) is 0. The van der Waals surface area contributed by atoms with E-state index in [0.29, 0.717) is 23.0 Å². The van der Waals surface area contributed by atoms with E-state index in [-0.39, 0.29) is 12.3 Å². The highest BCUT2D eigenvalue weighted by Gasteiger charge is 2.07. The minimum atomic E-state index is -3.46. The highest BCUT2D eigenvalue weighted by atomic mass is 32.2. The van der Waals surface area contributed by atoms with Crippen LogP contribution in [0.5, 0.6) is 0 Å². The summed E-state index contributed by atoms with van der Waals surface area (Å²) >= 11 is 0. The zero-order chi connectivity index (χ0) is 12.3. The van der Waals surface area contributed by atoms with Crippen LogP contribution in [-0.2, 0) is 10.0 Å². The van der Waals surface area contributed by atoms with E-state index in [1.165, 1.54) is 0 Å². The molecule has 1 aromatic heterocycles. The Labute approximate surface area is 94.3 Å². The number of aromatic nitrogens is 2. The molecule has 1 heterocycles. The van der Waals surface area contributed by atoms with Crippen molar-refractivity contribution in [2.24, 2.45) is 5.14 Å². The van der Waals surface area contributed by atoms with E-state index in [2.05, 4.69) is 15.3 Å². The van der Waals surface area contributed by atoms with Crippen LogP contribution >= 0.6 is 0 Å². The van der Waals surface area contributed by atoms with Crippen LogP contribution in [0, 0.1) is 13.8 Å². The van der Waals surface area contributed by atoms with Crippen LogP contribution in [-0.4, -0.2) is 30.7 Å². The number of primary sulfonamides is 1. The summed E-state index contributed by atoms with van der Waals surface area (Å²) in [5.41, 5.74) is 6.34. The van der Waals surface area contributed by atoms with Gasteiger partial charge in [-0.05, 0) is 13.8 Å². The Balaban J connectivity index is 2.75. The molecule has 0 saturated heterocycles. The number of anilines is 2. The first-order valence-electron chi connectivity index (χ1n) is 4.64. The molecule has 0 fully saturated rings. The Morgan fingerprint density at radius 2 is 1.94 bits per heavy atom. The third-order valence-electron chi connectivity index (χ3n) is 1.97. The molecule has 0 aliphatic heterocycles. The maximum absolute atomic E-state index is 10.7. The molecular formula is C8H15N5O2S. The number of hydrogen-bond donors (Lipinski definition) is 3. The largest absolute Gasteiger partial charge is 0.383 e. The van der Waals surface area contributed by atoms with Crippen molar-refractivity contribution in [3.8, 4) is 0 Å². The molecule has 0 unspecified atom stereocenters. The van der Waals surface area contributed by atoms with Crippen LogP contribution in [0.2, 0.25) is 0 Å². The van der Waals surface area contributed by atoms with Crippen molar-refractivity contribution in [1.29, 1.82) is 0 Å². The van der Waals surface area contributed by atoms with Crippen LogP contribution < -0.4 is 16.2 Å². The third kappa shape index (κ3) is 3.63. The summed E-state index contributed by atoms with van der Waals surface area (Å²) in [4.78, 5) is 8.09. The lowest BCUT2D eigenvalue weighted by atomic mass is 10.3. The number of nitrogens with zero attached hydrogens (tertiary/aromatic N) is 2. The Kier molecular flexibility index (Phi) is 3.66. The molecule has 5 N–H and O–H groups in total. The monoisotopic (exact) mass is 245 g/mol. The van der Waals surface area contributed by atoms with Gasteiger partial charge in [0.25, 0.3) is 0 Å². The number of aryl methyl sites for hydroxylation is 1. The van der Waals surface area contributed by atoms with Crippen molar-refractivity contribution in [3.63, 3.8) is 0 Å². The Morgan fingerprint density at radius 1 is 1.31 bits per heavy atom. The molecule has 0 aromatic carbocycles. The minimum absolute atomic E-state index is 0.157. The molecule has 0 aliphatic carbocycles. The molecule has 0 saturated carbocycles. The van der Waals surface area contributed by atoms with Crippen LogP contribution in [0.4, 0.5) is 11.6 Å². The number of hydrogen-bond acceptors (Lipinski definition) is 6. The lowest BCUT2D eigenvalue weighted by Gasteiger charge is -2.09. The van der Waals surface area contributed by atoms with Gasteiger partial charge in [-0.15, -0.1) is 0 Å². The Hall–Kier alpha value is -1.41. The Morgan fingerprint density at radius 3 is 2.50 bits per heavy atom. The number of sulfonamides is 1. The number of nitrogens with two attached hydrogens (primary N) is 2. The van der Waals surface area contributed by atoms with E-state index in [1.54, 1.807) is 13.8 Å². The molecule has 0 bridgehead atoms. The van der Waals surface area contributed by atoms with Gasteiger partial charge in [0.15, 0.2) is 0 Å². The fourth-order valence-electron chi connectivity index (χ4n) is 1.13. The van der Waals surface area contributed by atoms with Gasteiger partial charge >= 0.3 is 0 Å². The van der Waals surface area contributed by atoms with Gasteiger partial charge in [0.1, 0.15) is 17.5 Å². The number of nitrogens with one attached hydrogen (secondary N) is 1. The lowest BCUT2D eigenvalue weighted by molar-refractivity contribution is 0.598. The molecule has 0 radical (unpaired) electrons. The van der Waals surface area contributed by atoms with Crippen LogP contribution in [0.15, 0.2) is 0 Å². The number of rotatable bonds is 4. The molecule has 8 heteroatoms. The molecule has 1 rings (SSSR count). The van der Waals surface area contributed by atoms with E-state index in [1.807, 2.05) is 0 Å². The van der Waals surface area contributed by atoms with Gasteiger partial charge in [0, 0.05) is 12.1 Å². The van der Waals surface area contributed by atoms with E-state index in [4.69, 9.17) is 10.9 Å². The molecule has 1 aromatic rings. The molecule has 0 aliphatic rings. The molecule has 0 spiro atoms. The quantitative estimate of drug-likeness (QED) is 0.649. The maximum atomic E-state index is 10.7. The van der Waals surface area contributed by atoms with Gasteiger partial charge in [0.2, 0.25) is 10.0 Å². The van der Waals surface area contributed by atoms with E-state index >= 15 is 0 Å². The van der Waals surface area contributed by atoms with Crippen molar-refractivity contribution in [1.82, 2.24) is 9.97 Å². The first kappa shape index (κ1) is 12.7. The third-order valence-corrected chi connectivity index (χ3v) is 2.75. The smallest absolute Gasteiger partial charge is 0.210 e. The first-order valence-corrected chi connectivity index (χ1v) is 6.36. The summed E-state index contributed by atoms with van der Waals surface area (Å²) in [6.45, 7) is 3.66. The topological polar surface area (TPSA) is 124 Å². The fraction of sp³-hybridized carbons (Fsp3) is 0.500. The zero-order valence-electron chi connectivity index (χ0n) is 9.19. The second kappa shape index (κ2) is 4.62. The highest BCUT2D eigenvalue weighted by molar-refractivity contribution is 7.89. The zero-order valence-corrected chi connectivity index (χ0v) is 10.0. The predicted octanol–water partition coefficient (Wildman–Crippen LogP) is -0.624. The van der Waals surface area contributed by atoms with E-state index < -0.39 is 10.0 Å². The second-order valence-corrected chi connectivity index (χ2v) is 5.16. The highest BCUT2D eigenvalue weighted by Crippen LogP contribution is 2.16. The molecule has 0 atom stereocenters. The average molecular weight is 245 g/mol. The predicted molar refractivity (Wildman–Crippen MR) is 62.4 cm³/mol. The molecular weight excluding hydrogens is 230 g/mol. The van der Waals surface area contributed by atoms with Gasteiger partial charge < -0.3 is 11.1 Å². The van der Waals surface area contributed by atoms with Crippen LogP contribution in [0.3, 0.4) is 0 Å². The molecule has 7 nitrogen and oxygen atoms in total. The summed E-state index contributed by atoms with van der Waals surface area (Å²) in [5, 5.41) is 7.73. The summed E-state index contributed by atoms with van der Waals surface area (Å²) in [6.07, 6.45) is 0. The van der Waals surface area contributed by atoms with Gasteiger partial charge in [-0.1, -0.05) is 0 Å². The minimum Gasteiger partial charge on any atom is -0.383 e. The SMILES string of the molecule is Cc1nc(N)c(C)c(NCCS(N)(=O)=O)n1. The van der Waals surface area contributed by atoms with Crippen molar-refractivity contribution >= 4 is 21.7 Å². The Bertz CT molecular complexity index is 485. The summed E-state index contributed by atoms with van der Waals surface area (Å²) in [5.74, 6) is 1.29.